The first kappa shape index (κ1) is 20.8. The lowest BCUT2D eigenvalue weighted by Gasteiger charge is -2.38. The van der Waals surface area contributed by atoms with E-state index < -0.39 is 0 Å². The van der Waals surface area contributed by atoms with E-state index in [1.807, 2.05) is 12.1 Å². The summed E-state index contributed by atoms with van der Waals surface area (Å²) in [4.78, 5) is 9.89. The van der Waals surface area contributed by atoms with Crippen LogP contribution >= 0.6 is 0 Å². The van der Waals surface area contributed by atoms with Crippen molar-refractivity contribution in [1.82, 2.24) is 10.2 Å². The van der Waals surface area contributed by atoms with E-state index in [2.05, 4.69) is 47.2 Å². The van der Waals surface area contributed by atoms with Crippen molar-refractivity contribution in [3.05, 3.63) is 53.5 Å². The van der Waals surface area contributed by atoms with Gasteiger partial charge >= 0.3 is 0 Å². The quantitative estimate of drug-likeness (QED) is 0.585. The lowest BCUT2D eigenvalue weighted by Crippen LogP contribution is -2.53. The van der Waals surface area contributed by atoms with Crippen LogP contribution in [0.15, 0.2) is 46.0 Å². The van der Waals surface area contributed by atoms with E-state index in [9.17, 15) is 0 Å². The van der Waals surface area contributed by atoms with Gasteiger partial charge in [-0.05, 0) is 49.6 Å². The molecule has 4 rings (SSSR count). The fourth-order valence-electron chi connectivity index (χ4n) is 4.20. The van der Waals surface area contributed by atoms with Crippen LogP contribution in [0.4, 0.5) is 5.69 Å². The molecule has 2 saturated heterocycles. The van der Waals surface area contributed by atoms with Crippen LogP contribution < -0.4 is 10.2 Å². The molecule has 1 N–H and O–H groups in total. The molecule has 3 heterocycles. The van der Waals surface area contributed by atoms with E-state index in [0.29, 0.717) is 5.92 Å². The molecule has 0 amide bonds. The van der Waals surface area contributed by atoms with E-state index in [1.165, 1.54) is 16.8 Å². The molecule has 2 fully saturated rings. The van der Waals surface area contributed by atoms with Gasteiger partial charge in [-0.15, -0.1) is 0 Å². The second-order valence-electron chi connectivity index (χ2n) is 8.34. The van der Waals surface area contributed by atoms with Crippen LogP contribution in [-0.2, 0) is 11.2 Å². The summed E-state index contributed by atoms with van der Waals surface area (Å²) in [6, 6.07) is 10.6. The molecular weight excluding hydrogens is 376 g/mol. The molecule has 162 valence electrons. The molecule has 1 unspecified atom stereocenters. The Hall–Kier alpha value is -2.47. The molecule has 1 aromatic heterocycles. The van der Waals surface area contributed by atoms with Crippen molar-refractivity contribution in [1.29, 1.82) is 0 Å². The highest BCUT2D eigenvalue weighted by molar-refractivity contribution is 5.80. The van der Waals surface area contributed by atoms with Crippen LogP contribution in [-0.4, -0.2) is 63.3 Å². The Bertz CT molecular complexity index is 820. The summed E-state index contributed by atoms with van der Waals surface area (Å²) >= 11 is 0. The number of benzene rings is 1. The third-order valence-electron chi connectivity index (χ3n) is 6.25. The van der Waals surface area contributed by atoms with E-state index >= 15 is 0 Å². The number of nitrogens with zero attached hydrogens (tertiary/aromatic N) is 3. The van der Waals surface area contributed by atoms with Crippen molar-refractivity contribution < 1.29 is 9.15 Å². The van der Waals surface area contributed by atoms with Crippen molar-refractivity contribution in [2.24, 2.45) is 10.9 Å². The minimum atomic E-state index is 0.545. The van der Waals surface area contributed by atoms with Gasteiger partial charge in [0.25, 0.3) is 0 Å². The average Bonchev–Trinajstić information content (AvgIpc) is 3.47. The number of furan rings is 1. The van der Waals surface area contributed by atoms with Crippen LogP contribution in [0, 0.1) is 19.8 Å². The smallest absolute Gasteiger partial charge is 0.194 e. The third-order valence-corrected chi connectivity index (χ3v) is 6.25. The molecule has 6 nitrogen and oxygen atoms in total. The van der Waals surface area contributed by atoms with E-state index in [0.717, 1.165) is 77.0 Å². The molecule has 6 heteroatoms. The fourth-order valence-corrected chi connectivity index (χ4v) is 4.20. The maximum absolute atomic E-state index is 5.53. The Morgan fingerprint density at radius 2 is 2.00 bits per heavy atom. The van der Waals surface area contributed by atoms with Gasteiger partial charge in [-0.25, -0.2) is 0 Å². The van der Waals surface area contributed by atoms with Crippen molar-refractivity contribution in [2.75, 3.05) is 57.4 Å². The Morgan fingerprint density at radius 3 is 2.73 bits per heavy atom. The Morgan fingerprint density at radius 1 is 1.13 bits per heavy atom. The van der Waals surface area contributed by atoms with Gasteiger partial charge in [0, 0.05) is 63.9 Å². The van der Waals surface area contributed by atoms with Crippen LogP contribution in [0.2, 0.25) is 0 Å². The van der Waals surface area contributed by atoms with Crippen molar-refractivity contribution >= 4 is 11.6 Å². The number of piperazine rings is 1. The molecule has 2 aliphatic rings. The van der Waals surface area contributed by atoms with Gasteiger partial charge in [0.15, 0.2) is 5.96 Å². The zero-order chi connectivity index (χ0) is 20.8. The first-order valence-corrected chi connectivity index (χ1v) is 11.2. The van der Waals surface area contributed by atoms with Crippen LogP contribution in [0.3, 0.4) is 0 Å². The highest BCUT2D eigenvalue weighted by atomic mass is 16.5. The second-order valence-corrected chi connectivity index (χ2v) is 8.34. The molecule has 2 aromatic rings. The lowest BCUT2D eigenvalue weighted by molar-refractivity contribution is 0.187. The first-order valence-electron chi connectivity index (χ1n) is 11.2. The summed E-state index contributed by atoms with van der Waals surface area (Å²) in [5.74, 6) is 2.57. The fraction of sp³-hybridized carbons (Fsp3) is 0.542. The van der Waals surface area contributed by atoms with Crippen molar-refractivity contribution in [3.8, 4) is 0 Å². The highest BCUT2D eigenvalue weighted by Crippen LogP contribution is 2.24. The molecule has 0 bridgehead atoms. The molecule has 30 heavy (non-hydrogen) atoms. The molecule has 2 aliphatic heterocycles. The second kappa shape index (κ2) is 10.0. The average molecular weight is 411 g/mol. The van der Waals surface area contributed by atoms with Crippen LogP contribution in [0.1, 0.15) is 23.3 Å². The van der Waals surface area contributed by atoms with Gasteiger partial charge in [0.2, 0.25) is 0 Å². The highest BCUT2D eigenvalue weighted by Gasteiger charge is 2.22. The third kappa shape index (κ3) is 5.17. The number of rotatable bonds is 6. The zero-order valence-electron chi connectivity index (χ0n) is 18.3. The molecule has 1 aromatic carbocycles. The summed E-state index contributed by atoms with van der Waals surface area (Å²) in [6.07, 6.45) is 3.71. The van der Waals surface area contributed by atoms with Gasteiger partial charge in [-0.2, -0.15) is 0 Å². The number of anilines is 1. The Labute approximate surface area is 179 Å². The molecule has 0 saturated carbocycles. The monoisotopic (exact) mass is 410 g/mol. The SMILES string of the molecule is Cc1cccc(N2CCN(C(=NCC3CCOC3)NCCc3ccco3)CC2)c1C. The number of hydrogen-bond acceptors (Lipinski definition) is 4. The van der Waals surface area contributed by atoms with Gasteiger partial charge in [0.05, 0.1) is 12.9 Å². The standard InChI is InChI=1S/C24H34N4O2/c1-19-5-3-7-23(20(19)2)27-11-13-28(14-12-27)24(26-17-21-9-16-29-18-21)25-10-8-22-6-4-15-30-22/h3-7,15,21H,8-14,16-18H2,1-2H3,(H,25,26). The molecule has 0 radical (unpaired) electrons. The number of guanidine groups is 1. The molecular formula is C24H34N4O2. The number of ether oxygens (including phenoxy) is 1. The van der Waals surface area contributed by atoms with Gasteiger partial charge in [-0.3, -0.25) is 4.99 Å². The first-order chi connectivity index (χ1) is 14.7. The van der Waals surface area contributed by atoms with E-state index in [-0.39, 0.29) is 0 Å². The minimum Gasteiger partial charge on any atom is -0.469 e. The minimum absolute atomic E-state index is 0.545. The number of aliphatic imine (C=N–C) groups is 1. The van der Waals surface area contributed by atoms with E-state index in [1.54, 1.807) is 6.26 Å². The van der Waals surface area contributed by atoms with Crippen LogP contribution in [0.5, 0.6) is 0 Å². The maximum atomic E-state index is 5.53. The summed E-state index contributed by atoms with van der Waals surface area (Å²) in [5, 5.41) is 3.58. The van der Waals surface area contributed by atoms with E-state index in [4.69, 9.17) is 14.1 Å². The topological polar surface area (TPSA) is 53.2 Å². The van der Waals surface area contributed by atoms with Crippen LogP contribution in [0.25, 0.3) is 0 Å². The maximum Gasteiger partial charge on any atom is 0.194 e. The number of nitrogens with one attached hydrogen (secondary N) is 1. The summed E-state index contributed by atoms with van der Waals surface area (Å²) < 4.78 is 11.0. The Balaban J connectivity index is 1.37. The summed E-state index contributed by atoms with van der Waals surface area (Å²) in [6.45, 7) is 11.7. The van der Waals surface area contributed by atoms with Crippen molar-refractivity contribution in [2.45, 2.75) is 26.7 Å². The normalized spacial score (nSPS) is 20.1. The molecule has 0 aliphatic carbocycles. The lowest BCUT2D eigenvalue weighted by atomic mass is 10.1. The van der Waals surface area contributed by atoms with Gasteiger partial charge in [-0.1, -0.05) is 12.1 Å². The zero-order valence-corrected chi connectivity index (χ0v) is 18.3. The number of aryl methyl sites for hydroxylation is 1. The molecule has 1 atom stereocenters. The molecule has 0 spiro atoms. The Kier molecular flexibility index (Phi) is 6.95. The largest absolute Gasteiger partial charge is 0.469 e. The van der Waals surface area contributed by atoms with Gasteiger partial charge < -0.3 is 24.3 Å². The number of hydrogen-bond donors (Lipinski definition) is 1. The summed E-state index contributed by atoms with van der Waals surface area (Å²) in [5.41, 5.74) is 4.11. The summed E-state index contributed by atoms with van der Waals surface area (Å²) in [7, 11) is 0. The van der Waals surface area contributed by atoms with Gasteiger partial charge in [0.1, 0.15) is 5.76 Å². The van der Waals surface area contributed by atoms with Crippen molar-refractivity contribution in [3.63, 3.8) is 0 Å². The predicted octanol–water partition coefficient (Wildman–Crippen LogP) is 3.24. The predicted molar refractivity (Wildman–Crippen MR) is 121 cm³/mol.